The number of nitrogens with zero attached hydrogens (tertiary/aromatic N) is 4. The lowest BCUT2D eigenvalue weighted by Gasteiger charge is -2.46. The van der Waals surface area contributed by atoms with Crippen molar-refractivity contribution in [1.82, 2.24) is 30.0 Å². The van der Waals surface area contributed by atoms with E-state index in [4.69, 9.17) is 14.6 Å². The molecule has 0 spiro atoms. The first-order chi connectivity index (χ1) is 21.2. The van der Waals surface area contributed by atoms with Gasteiger partial charge in [-0.2, -0.15) is 44.7 Å². The first-order valence-electron chi connectivity index (χ1n) is 13.1. The lowest BCUT2D eigenvalue weighted by molar-refractivity contribution is -0.387. The Hall–Kier alpha value is -3.63. The maximum atomic E-state index is 14.9. The van der Waals surface area contributed by atoms with E-state index < -0.39 is 73.8 Å². The Morgan fingerprint density at radius 3 is 2.29 bits per heavy atom. The zero-order chi connectivity index (χ0) is 32.7. The molecule has 2 fully saturated rings. The highest BCUT2D eigenvalue weighted by atomic mass is 32.2. The van der Waals surface area contributed by atoms with E-state index in [9.17, 15) is 40.9 Å². The van der Waals surface area contributed by atoms with Gasteiger partial charge in [0.15, 0.2) is 4.90 Å². The molecule has 2 aromatic heterocycles. The summed E-state index contributed by atoms with van der Waals surface area (Å²) in [7, 11) is -4.60. The van der Waals surface area contributed by atoms with Crippen molar-refractivity contribution in [2.24, 2.45) is 0 Å². The lowest BCUT2D eigenvalue weighted by atomic mass is 9.92. The van der Waals surface area contributed by atoms with Crippen LogP contribution >= 0.6 is 12.6 Å². The smallest absolute Gasteiger partial charge is 0.313 e. The Balaban J connectivity index is 0.000000175. The summed E-state index contributed by atoms with van der Waals surface area (Å²) in [5, 5.41) is 33.6. The molecule has 0 aliphatic carbocycles. The number of carboxylic acids is 1. The summed E-state index contributed by atoms with van der Waals surface area (Å²) in [4.78, 5) is 19.0. The van der Waals surface area contributed by atoms with E-state index >= 15 is 0 Å². The number of H-pyrrole nitrogens is 2. The molecule has 4 N–H and O–H groups in total. The number of sulfonamides is 1. The SMILES string of the molecule is FC1(F)c2[nH]ncc2C2COCC1N2.O=C(O)CS.O=[N+]([O-])c1ccccc1S(=O)(=O)N1C2COCC1C(F)(F)c1[nH]ncc12. The predicted molar refractivity (Wildman–Crippen MR) is 146 cm³/mol. The largest absolute Gasteiger partial charge is 0.481 e. The monoisotopic (exact) mass is 679 g/mol. The number of ether oxygens (including phenoxy) is 2. The summed E-state index contributed by atoms with van der Waals surface area (Å²) in [6, 6.07) is 0.692. The molecule has 21 heteroatoms. The van der Waals surface area contributed by atoms with Gasteiger partial charge in [0, 0.05) is 17.2 Å². The second-order valence-corrected chi connectivity index (χ2v) is 12.3. The van der Waals surface area contributed by atoms with E-state index in [1.165, 1.54) is 18.3 Å². The fourth-order valence-corrected chi connectivity index (χ4v) is 7.36. The van der Waals surface area contributed by atoms with Crippen LogP contribution in [0.3, 0.4) is 0 Å². The fraction of sp³-hybridized carbons (Fsp3) is 0.458. The molecule has 0 saturated carbocycles. The van der Waals surface area contributed by atoms with Crippen LogP contribution in [0.5, 0.6) is 0 Å². The van der Waals surface area contributed by atoms with E-state index in [-0.39, 0.29) is 36.3 Å². The molecule has 3 aromatic rings. The number of carbonyl (C=O) groups is 1. The van der Waals surface area contributed by atoms with E-state index in [0.717, 1.165) is 18.3 Å². The van der Waals surface area contributed by atoms with Gasteiger partial charge in [0.05, 0.1) is 61.6 Å². The van der Waals surface area contributed by atoms with Crippen molar-refractivity contribution in [1.29, 1.82) is 0 Å². The highest BCUT2D eigenvalue weighted by molar-refractivity contribution is 7.89. The Morgan fingerprint density at radius 1 is 1.04 bits per heavy atom. The Bertz CT molecular complexity index is 1690. The van der Waals surface area contributed by atoms with E-state index in [1.54, 1.807) is 0 Å². The van der Waals surface area contributed by atoms with Gasteiger partial charge in [-0.25, -0.2) is 8.42 Å². The van der Waals surface area contributed by atoms with Crippen molar-refractivity contribution in [3.8, 4) is 0 Å². The van der Waals surface area contributed by atoms with Crippen LogP contribution < -0.4 is 5.32 Å². The van der Waals surface area contributed by atoms with Gasteiger partial charge in [-0.1, -0.05) is 12.1 Å². The van der Waals surface area contributed by atoms with Crippen molar-refractivity contribution < 1.29 is 50.3 Å². The number of morpholine rings is 2. The Kier molecular flexibility index (Phi) is 8.94. The molecule has 1 aromatic carbocycles. The number of aromatic nitrogens is 4. The van der Waals surface area contributed by atoms with Gasteiger partial charge < -0.3 is 14.6 Å². The topological polar surface area (TPSA) is 206 Å². The highest BCUT2D eigenvalue weighted by Gasteiger charge is 2.60. The zero-order valence-electron chi connectivity index (χ0n) is 22.8. The average Bonchev–Trinajstić information content (AvgIpc) is 3.72. The molecule has 4 aliphatic rings. The quantitative estimate of drug-likeness (QED) is 0.117. The number of aliphatic carboxylic acids is 1. The van der Waals surface area contributed by atoms with Crippen LogP contribution in [0, 0.1) is 10.1 Å². The van der Waals surface area contributed by atoms with Crippen LogP contribution in [0.25, 0.3) is 0 Å². The van der Waals surface area contributed by atoms with E-state index in [1.807, 2.05) is 0 Å². The van der Waals surface area contributed by atoms with Gasteiger partial charge >= 0.3 is 17.8 Å². The van der Waals surface area contributed by atoms with Gasteiger partial charge in [-0.15, -0.1) is 0 Å². The summed E-state index contributed by atoms with van der Waals surface area (Å²) in [6.45, 7) is -0.220. The molecule has 4 atom stereocenters. The first-order valence-corrected chi connectivity index (χ1v) is 15.1. The summed E-state index contributed by atoms with van der Waals surface area (Å²) >= 11 is 3.42. The maximum Gasteiger partial charge on any atom is 0.313 e. The zero-order valence-corrected chi connectivity index (χ0v) is 24.5. The third kappa shape index (κ3) is 5.78. The van der Waals surface area contributed by atoms with E-state index in [0.29, 0.717) is 16.5 Å². The molecule has 4 unspecified atom stereocenters. The highest BCUT2D eigenvalue weighted by Crippen LogP contribution is 2.50. The number of para-hydroxylation sites is 1. The normalized spacial score (nSPS) is 25.7. The summed E-state index contributed by atoms with van der Waals surface area (Å²) < 4.78 is 94.3. The molecular formula is C24H25F4N7O8S2. The molecule has 4 bridgehead atoms. The second kappa shape index (κ2) is 12.3. The van der Waals surface area contributed by atoms with Crippen LogP contribution in [0.4, 0.5) is 23.2 Å². The number of thiol groups is 1. The standard InChI is InChI=1S/C14H12F2N4O5S.C8H9F2N3O.C2H4O2S/c15-14(16)12-7-25-6-10(8-5-17-18-13(8)14)19(12)26(23,24)11-4-2-1-3-9(11)20(21)22;9-8(10)6-3-14-2-5(12-6)4-1-11-13-7(4)8;3-2(4)1-5/h1-5,10,12H,6-7H2,(H,17,18);1,5-6,12H,2-3H2,(H,11,13);5H,1H2,(H,3,4). The van der Waals surface area contributed by atoms with Crippen molar-refractivity contribution in [2.45, 2.75) is 40.9 Å². The van der Waals surface area contributed by atoms with Crippen LogP contribution in [0.15, 0.2) is 41.6 Å². The van der Waals surface area contributed by atoms with Crippen LogP contribution in [-0.2, 0) is 36.1 Å². The number of nitro benzene ring substituents is 1. The average molecular weight is 680 g/mol. The second-order valence-electron chi connectivity index (χ2n) is 10.1. The molecule has 7 rings (SSSR count). The van der Waals surface area contributed by atoms with Crippen molar-refractivity contribution >= 4 is 34.3 Å². The van der Waals surface area contributed by atoms with Gasteiger partial charge in [0.2, 0.25) is 0 Å². The van der Waals surface area contributed by atoms with Gasteiger partial charge in [-0.05, 0) is 6.07 Å². The number of nitrogens with one attached hydrogen (secondary N) is 3. The van der Waals surface area contributed by atoms with Crippen molar-refractivity contribution in [3.05, 3.63) is 69.3 Å². The third-order valence-corrected chi connectivity index (χ3v) is 9.72. The molecule has 15 nitrogen and oxygen atoms in total. The number of rotatable bonds is 4. The Labute approximate surface area is 256 Å². The van der Waals surface area contributed by atoms with Crippen molar-refractivity contribution in [2.75, 3.05) is 32.2 Å². The summed E-state index contributed by atoms with van der Waals surface area (Å²) in [5.74, 6) is -7.46. The maximum absolute atomic E-state index is 14.9. The van der Waals surface area contributed by atoms with Crippen LogP contribution in [0.2, 0.25) is 0 Å². The number of hydrogen-bond acceptors (Lipinski definition) is 11. The van der Waals surface area contributed by atoms with Crippen LogP contribution in [-0.4, -0.2) is 93.4 Å². The number of benzene rings is 1. The van der Waals surface area contributed by atoms with Gasteiger partial charge in [0.25, 0.3) is 15.7 Å². The number of hydrogen-bond donors (Lipinski definition) is 5. The number of halogens is 4. The first kappa shape index (κ1) is 32.8. The predicted octanol–water partition coefficient (Wildman–Crippen LogP) is 2.10. The number of alkyl halides is 4. The van der Waals surface area contributed by atoms with Gasteiger partial charge in [-0.3, -0.25) is 30.4 Å². The fourth-order valence-electron chi connectivity index (χ4n) is 5.44. The molecule has 6 heterocycles. The lowest BCUT2D eigenvalue weighted by Crippen LogP contribution is -2.60. The number of fused-ring (bicyclic) bond motifs is 8. The molecule has 45 heavy (non-hydrogen) atoms. The van der Waals surface area contributed by atoms with Crippen LogP contribution in [0.1, 0.15) is 34.6 Å². The molecule has 4 aliphatic heterocycles. The minimum atomic E-state index is -4.60. The van der Waals surface area contributed by atoms with E-state index in [2.05, 4.69) is 38.3 Å². The summed E-state index contributed by atoms with van der Waals surface area (Å²) in [5.41, 5.74) is -0.675. The van der Waals surface area contributed by atoms with Crippen molar-refractivity contribution in [3.63, 3.8) is 0 Å². The number of carboxylic acid groups (broad SMARTS) is 1. The minimum Gasteiger partial charge on any atom is -0.481 e. The number of aromatic amines is 2. The molecule has 0 amide bonds. The number of nitro groups is 1. The molecule has 0 radical (unpaired) electrons. The molecule has 2 saturated heterocycles. The summed E-state index contributed by atoms with van der Waals surface area (Å²) in [6.07, 6.45) is 2.56. The minimum absolute atomic E-state index is 0.00638. The third-order valence-electron chi connectivity index (χ3n) is 7.48. The molecule has 244 valence electrons. The Morgan fingerprint density at radius 2 is 1.64 bits per heavy atom. The molecular weight excluding hydrogens is 654 g/mol. The van der Waals surface area contributed by atoms with Gasteiger partial charge in [0.1, 0.15) is 23.5 Å².